The van der Waals surface area contributed by atoms with Crippen molar-refractivity contribution >= 4 is 6.29 Å². The summed E-state index contributed by atoms with van der Waals surface area (Å²) in [6.45, 7) is 2.72. The Morgan fingerprint density at radius 3 is 2.64 bits per heavy atom. The van der Waals surface area contributed by atoms with Crippen molar-refractivity contribution in [3.8, 4) is 5.92 Å². The minimum Gasteiger partial charge on any atom is -0.379 e. The molecule has 1 atom stereocenters. The lowest BCUT2D eigenvalue weighted by molar-refractivity contribution is -0.112. The Labute approximate surface area is 66.3 Å². The zero-order valence-electron chi connectivity index (χ0n) is 6.25. The van der Waals surface area contributed by atoms with Crippen LogP contribution >= 0.6 is 0 Å². The summed E-state index contributed by atoms with van der Waals surface area (Å²) in [6, 6.07) is -0.473. The highest BCUT2D eigenvalue weighted by molar-refractivity contribution is 5.62. The maximum atomic E-state index is 10.4. The van der Waals surface area contributed by atoms with Crippen LogP contribution < -0.4 is 0 Å². The number of ether oxygens (including phenoxy) is 1. The van der Waals surface area contributed by atoms with Crippen molar-refractivity contribution in [1.29, 1.82) is 0 Å². The van der Waals surface area contributed by atoms with Crippen LogP contribution in [0.4, 0.5) is 0 Å². The first-order valence-corrected chi connectivity index (χ1v) is 3.58. The van der Waals surface area contributed by atoms with Gasteiger partial charge in [0.2, 0.25) is 0 Å². The summed E-state index contributed by atoms with van der Waals surface area (Å²) in [7, 11) is 0. The molecular weight excluding hydrogens is 142 g/mol. The molecule has 1 fully saturated rings. The van der Waals surface area contributed by atoms with E-state index in [-0.39, 0.29) is 0 Å². The van der Waals surface area contributed by atoms with Crippen LogP contribution in [-0.4, -0.2) is 43.5 Å². The molecule has 1 unspecified atom stereocenters. The number of nitrogens with zero attached hydrogens (tertiary/aromatic N) is 1. The largest absolute Gasteiger partial charge is 0.379 e. The number of carbonyl (C=O) groups excluding carboxylic acids is 1. The normalized spacial score (nSPS) is 22.1. The van der Waals surface area contributed by atoms with Crippen molar-refractivity contribution in [2.75, 3.05) is 26.3 Å². The van der Waals surface area contributed by atoms with Gasteiger partial charge in [-0.1, -0.05) is 5.92 Å². The predicted molar refractivity (Wildman–Crippen MR) is 39.4 cm³/mol. The maximum absolute atomic E-state index is 10.4. The van der Waals surface area contributed by atoms with Crippen molar-refractivity contribution in [3.05, 3.63) is 6.42 Å². The Morgan fingerprint density at radius 1 is 1.55 bits per heavy atom. The van der Waals surface area contributed by atoms with Crippen molar-refractivity contribution in [2.45, 2.75) is 6.04 Å². The van der Waals surface area contributed by atoms with Crippen LogP contribution in [-0.2, 0) is 9.53 Å². The third-order valence-corrected chi connectivity index (χ3v) is 1.72. The summed E-state index contributed by atoms with van der Waals surface area (Å²) in [5.41, 5.74) is 0. The number of aldehydes is 1. The summed E-state index contributed by atoms with van der Waals surface area (Å²) < 4.78 is 5.09. The fourth-order valence-corrected chi connectivity index (χ4v) is 1.07. The van der Waals surface area contributed by atoms with Crippen LogP contribution in [0.2, 0.25) is 0 Å². The van der Waals surface area contributed by atoms with Crippen LogP contribution in [0.15, 0.2) is 0 Å². The van der Waals surface area contributed by atoms with Crippen LogP contribution in [0.1, 0.15) is 0 Å². The van der Waals surface area contributed by atoms with Gasteiger partial charge >= 0.3 is 0 Å². The molecule has 0 spiro atoms. The Hall–Kier alpha value is -0.850. The third kappa shape index (κ3) is 2.04. The van der Waals surface area contributed by atoms with Crippen LogP contribution in [0.5, 0.6) is 0 Å². The van der Waals surface area contributed by atoms with Gasteiger partial charge in [0.1, 0.15) is 12.3 Å². The second-order valence-electron chi connectivity index (χ2n) is 2.37. The molecule has 59 valence electrons. The van der Waals surface area contributed by atoms with Gasteiger partial charge in [0, 0.05) is 13.1 Å². The lowest BCUT2D eigenvalue weighted by Crippen LogP contribution is -2.43. The first-order chi connectivity index (χ1) is 5.38. The minimum absolute atomic E-state index is 0.473. The monoisotopic (exact) mass is 152 g/mol. The minimum atomic E-state index is -0.473. The topological polar surface area (TPSA) is 29.5 Å². The SMILES string of the molecule is [C]#CC(C=O)N1CCOCC1. The highest BCUT2D eigenvalue weighted by Gasteiger charge is 2.17. The number of rotatable bonds is 2. The molecule has 1 aliphatic rings. The predicted octanol–water partition coefficient (Wildman–Crippen LogP) is -0.524. The number of hydrogen-bond acceptors (Lipinski definition) is 3. The van der Waals surface area contributed by atoms with Gasteiger partial charge in [0.05, 0.1) is 13.2 Å². The quantitative estimate of drug-likeness (QED) is 0.394. The first kappa shape index (κ1) is 8.25. The van der Waals surface area contributed by atoms with E-state index in [2.05, 4.69) is 5.92 Å². The van der Waals surface area contributed by atoms with Gasteiger partial charge < -0.3 is 9.53 Å². The molecule has 0 bridgehead atoms. The lowest BCUT2D eigenvalue weighted by Gasteiger charge is -2.28. The van der Waals surface area contributed by atoms with Crippen molar-refractivity contribution < 1.29 is 9.53 Å². The molecule has 0 aromatic carbocycles. The van der Waals surface area contributed by atoms with Gasteiger partial charge in [-0.3, -0.25) is 4.90 Å². The second kappa shape index (κ2) is 4.12. The Morgan fingerprint density at radius 2 is 2.18 bits per heavy atom. The molecule has 1 rings (SSSR count). The summed E-state index contributed by atoms with van der Waals surface area (Å²) >= 11 is 0. The zero-order chi connectivity index (χ0) is 8.10. The van der Waals surface area contributed by atoms with Crippen molar-refractivity contribution in [2.24, 2.45) is 0 Å². The van der Waals surface area contributed by atoms with Gasteiger partial charge in [-0.05, 0) is 6.42 Å². The van der Waals surface area contributed by atoms with Crippen molar-refractivity contribution in [3.63, 3.8) is 0 Å². The van der Waals surface area contributed by atoms with Crippen LogP contribution in [0.25, 0.3) is 0 Å². The average Bonchev–Trinajstić information content (AvgIpc) is 2.09. The van der Waals surface area contributed by atoms with Crippen LogP contribution in [0.3, 0.4) is 0 Å². The average molecular weight is 152 g/mol. The zero-order valence-corrected chi connectivity index (χ0v) is 6.25. The molecule has 0 aromatic rings. The van der Waals surface area contributed by atoms with Gasteiger partial charge in [0.25, 0.3) is 0 Å². The number of hydrogen-bond donors (Lipinski definition) is 0. The molecule has 0 N–H and O–H groups in total. The fraction of sp³-hybridized carbons (Fsp3) is 0.625. The molecule has 3 nitrogen and oxygen atoms in total. The molecule has 1 heterocycles. The van der Waals surface area contributed by atoms with E-state index in [1.165, 1.54) is 0 Å². The lowest BCUT2D eigenvalue weighted by atomic mass is 10.2. The maximum Gasteiger partial charge on any atom is 0.149 e. The summed E-state index contributed by atoms with van der Waals surface area (Å²) in [5.74, 6) is 2.17. The number of morpholine rings is 1. The molecule has 11 heavy (non-hydrogen) atoms. The Balaban J connectivity index is 2.44. The van der Waals surface area contributed by atoms with E-state index < -0.39 is 6.04 Å². The summed E-state index contributed by atoms with van der Waals surface area (Å²) in [6.07, 6.45) is 7.57. The smallest absolute Gasteiger partial charge is 0.149 e. The van der Waals surface area contributed by atoms with E-state index in [9.17, 15) is 4.79 Å². The Bertz CT molecular complexity index is 167. The van der Waals surface area contributed by atoms with Crippen molar-refractivity contribution in [1.82, 2.24) is 4.90 Å². The van der Waals surface area contributed by atoms with Gasteiger partial charge in [0.15, 0.2) is 0 Å². The van der Waals surface area contributed by atoms with Gasteiger partial charge in [-0.15, -0.1) is 0 Å². The summed E-state index contributed by atoms with van der Waals surface area (Å²) in [5, 5.41) is 0. The molecule has 0 aliphatic carbocycles. The molecule has 0 saturated carbocycles. The first-order valence-electron chi connectivity index (χ1n) is 3.58. The fourth-order valence-electron chi connectivity index (χ4n) is 1.07. The highest BCUT2D eigenvalue weighted by atomic mass is 16.5. The molecule has 0 aromatic heterocycles. The van der Waals surface area contributed by atoms with Gasteiger partial charge in [-0.2, -0.15) is 0 Å². The molecule has 0 amide bonds. The molecule has 3 heteroatoms. The van der Waals surface area contributed by atoms with E-state index in [1.807, 2.05) is 4.90 Å². The van der Waals surface area contributed by atoms with E-state index >= 15 is 0 Å². The van der Waals surface area contributed by atoms with E-state index in [0.717, 1.165) is 19.4 Å². The molecule has 1 radical (unpaired) electrons. The molecular formula is C8H10NO2. The Kier molecular flexibility index (Phi) is 3.09. The van der Waals surface area contributed by atoms with Crippen LogP contribution in [0, 0.1) is 12.3 Å². The van der Waals surface area contributed by atoms with E-state index in [0.29, 0.717) is 13.2 Å². The second-order valence-corrected chi connectivity index (χ2v) is 2.37. The van der Waals surface area contributed by atoms with E-state index in [1.54, 1.807) is 0 Å². The molecule has 1 aliphatic heterocycles. The standard InChI is InChI=1S/C8H10NO2/c1-2-8(7-10)9-3-5-11-6-4-9/h7-8H,3-6H2. The highest BCUT2D eigenvalue weighted by Crippen LogP contribution is 2.00. The molecule has 1 saturated heterocycles. The summed E-state index contributed by atoms with van der Waals surface area (Å²) in [4.78, 5) is 12.2. The third-order valence-electron chi connectivity index (χ3n) is 1.72. The van der Waals surface area contributed by atoms with E-state index in [4.69, 9.17) is 11.2 Å². The van der Waals surface area contributed by atoms with Gasteiger partial charge in [-0.25, -0.2) is 0 Å². The number of carbonyl (C=O) groups is 1.